The van der Waals surface area contributed by atoms with Crippen LogP contribution in [0.2, 0.25) is 0 Å². The highest BCUT2D eigenvalue weighted by Crippen LogP contribution is 2.38. The van der Waals surface area contributed by atoms with Crippen LogP contribution in [-0.2, 0) is 19.0 Å². The number of unbranched alkanes of at least 4 members (excludes halogenated alkanes) is 2. The maximum Gasteiger partial charge on any atom is 0.296 e. The van der Waals surface area contributed by atoms with Gasteiger partial charge in [-0.2, -0.15) is 8.42 Å². The molecule has 0 aromatic heterocycles. The Morgan fingerprint density at radius 1 is 1.09 bits per heavy atom. The Morgan fingerprint density at radius 3 is 2.30 bits per heavy atom. The summed E-state index contributed by atoms with van der Waals surface area (Å²) in [5.74, 6) is 0. The molecule has 0 spiro atoms. The van der Waals surface area contributed by atoms with Gasteiger partial charge in [0.2, 0.25) is 0 Å². The van der Waals surface area contributed by atoms with E-state index >= 15 is 0 Å². The van der Waals surface area contributed by atoms with Gasteiger partial charge in [0, 0.05) is 5.41 Å². The van der Waals surface area contributed by atoms with Crippen LogP contribution >= 0.6 is 0 Å². The maximum atomic E-state index is 12.1. The highest BCUT2D eigenvalue weighted by Gasteiger charge is 2.36. The van der Waals surface area contributed by atoms with Crippen LogP contribution in [0.4, 0.5) is 0 Å². The molecule has 0 N–H and O–H groups in total. The highest BCUT2D eigenvalue weighted by atomic mass is 32.2. The van der Waals surface area contributed by atoms with Crippen molar-refractivity contribution in [3.8, 4) is 0 Å². The van der Waals surface area contributed by atoms with Crippen molar-refractivity contribution in [3.05, 3.63) is 29.8 Å². The average molecular weight is 340 g/mol. The van der Waals surface area contributed by atoms with Crippen molar-refractivity contribution in [2.45, 2.75) is 57.3 Å². The topological polar surface area (TPSA) is 52.6 Å². The Bertz CT molecular complexity index is 574. The molecule has 1 saturated heterocycles. The summed E-state index contributed by atoms with van der Waals surface area (Å²) < 4.78 is 34.7. The van der Waals surface area contributed by atoms with Crippen molar-refractivity contribution in [1.82, 2.24) is 0 Å². The van der Waals surface area contributed by atoms with Crippen molar-refractivity contribution >= 4 is 10.1 Å². The zero-order chi connectivity index (χ0) is 16.8. The van der Waals surface area contributed by atoms with Crippen molar-refractivity contribution in [1.29, 1.82) is 0 Å². The number of rotatable bonds is 10. The highest BCUT2D eigenvalue weighted by molar-refractivity contribution is 7.86. The van der Waals surface area contributed by atoms with Gasteiger partial charge in [0.15, 0.2) is 0 Å². The van der Waals surface area contributed by atoms with E-state index in [0.717, 1.165) is 38.0 Å². The predicted octanol–water partition coefficient (Wildman–Crippen LogP) is 4.08. The van der Waals surface area contributed by atoms with Gasteiger partial charge in [-0.3, -0.25) is 4.18 Å². The molecule has 0 atom stereocenters. The van der Waals surface area contributed by atoms with Crippen LogP contribution in [0, 0.1) is 12.3 Å². The quantitative estimate of drug-likeness (QED) is 0.476. The van der Waals surface area contributed by atoms with E-state index < -0.39 is 10.1 Å². The van der Waals surface area contributed by atoms with Gasteiger partial charge in [-0.1, -0.05) is 43.9 Å². The smallest absolute Gasteiger partial charge is 0.296 e. The molecule has 0 radical (unpaired) electrons. The largest absolute Gasteiger partial charge is 0.380 e. The lowest BCUT2D eigenvalue weighted by Gasteiger charge is -2.42. The van der Waals surface area contributed by atoms with Gasteiger partial charge in [0.1, 0.15) is 0 Å². The first kappa shape index (κ1) is 18.4. The maximum absolute atomic E-state index is 12.1. The van der Waals surface area contributed by atoms with Gasteiger partial charge in [-0.05, 0) is 38.3 Å². The summed E-state index contributed by atoms with van der Waals surface area (Å²) in [6, 6.07) is 6.75. The van der Waals surface area contributed by atoms with E-state index in [9.17, 15) is 8.42 Å². The minimum atomic E-state index is -3.62. The van der Waals surface area contributed by atoms with Crippen molar-refractivity contribution in [2.75, 3.05) is 19.8 Å². The minimum Gasteiger partial charge on any atom is -0.380 e. The number of benzene rings is 1. The predicted molar refractivity (Wildman–Crippen MR) is 90.9 cm³/mol. The minimum absolute atomic E-state index is 0.231. The number of aryl methyl sites for hydroxylation is 1. The van der Waals surface area contributed by atoms with E-state index in [-0.39, 0.29) is 11.5 Å². The third-order valence-electron chi connectivity index (χ3n) is 4.53. The molecular weight excluding hydrogens is 312 g/mol. The fourth-order valence-corrected chi connectivity index (χ4v) is 3.84. The third-order valence-corrected chi connectivity index (χ3v) is 5.85. The SMILES string of the molecule is CCCCC1(CCCCOS(=O)(=O)c2ccc(C)cc2)COC1. The summed E-state index contributed by atoms with van der Waals surface area (Å²) in [7, 11) is -3.62. The molecule has 0 unspecified atom stereocenters. The van der Waals surface area contributed by atoms with Crippen molar-refractivity contribution < 1.29 is 17.3 Å². The van der Waals surface area contributed by atoms with Gasteiger partial charge in [0.25, 0.3) is 10.1 Å². The first-order valence-corrected chi connectivity index (χ1v) is 9.92. The molecule has 2 rings (SSSR count). The van der Waals surface area contributed by atoms with Crippen molar-refractivity contribution in [3.63, 3.8) is 0 Å². The first-order valence-electron chi connectivity index (χ1n) is 8.51. The Kier molecular flexibility index (Phi) is 6.62. The normalized spacial score (nSPS) is 17.0. The molecule has 1 aliphatic rings. The number of ether oxygens (including phenoxy) is 1. The van der Waals surface area contributed by atoms with E-state index in [1.807, 2.05) is 6.92 Å². The molecular formula is C18H28O4S. The second-order valence-electron chi connectivity index (χ2n) is 6.64. The van der Waals surface area contributed by atoms with Crippen LogP contribution in [0.5, 0.6) is 0 Å². The Labute approximate surface area is 140 Å². The molecule has 1 heterocycles. The second-order valence-corrected chi connectivity index (χ2v) is 8.26. The standard InChI is InChI=1S/C18H28O4S/c1-3-4-11-18(14-21-15-18)12-5-6-13-22-23(19,20)17-9-7-16(2)8-10-17/h7-10H,3-6,11-15H2,1-2H3. The van der Waals surface area contributed by atoms with Gasteiger partial charge in [-0.25, -0.2) is 0 Å². The Hall–Kier alpha value is -0.910. The van der Waals surface area contributed by atoms with Gasteiger partial charge < -0.3 is 4.74 Å². The monoisotopic (exact) mass is 340 g/mol. The molecule has 4 nitrogen and oxygen atoms in total. The van der Waals surface area contributed by atoms with Crippen LogP contribution in [0.3, 0.4) is 0 Å². The number of hydrogen-bond acceptors (Lipinski definition) is 4. The molecule has 23 heavy (non-hydrogen) atoms. The molecule has 0 bridgehead atoms. The lowest BCUT2D eigenvalue weighted by atomic mass is 9.77. The average Bonchev–Trinajstić information content (AvgIpc) is 2.49. The summed E-state index contributed by atoms with van der Waals surface area (Å²) in [4.78, 5) is 0.231. The molecule has 1 fully saturated rings. The Balaban J connectivity index is 1.71. The molecule has 0 amide bonds. The molecule has 0 aliphatic carbocycles. The van der Waals surface area contributed by atoms with Crippen molar-refractivity contribution in [2.24, 2.45) is 5.41 Å². The van der Waals surface area contributed by atoms with Gasteiger partial charge in [-0.15, -0.1) is 0 Å². The number of hydrogen-bond donors (Lipinski definition) is 0. The fraction of sp³-hybridized carbons (Fsp3) is 0.667. The van der Waals surface area contributed by atoms with E-state index in [4.69, 9.17) is 8.92 Å². The van der Waals surface area contributed by atoms with E-state index in [1.165, 1.54) is 19.3 Å². The summed E-state index contributed by atoms with van der Waals surface area (Å²) in [5, 5.41) is 0. The third kappa shape index (κ3) is 5.30. The summed E-state index contributed by atoms with van der Waals surface area (Å²) in [5.41, 5.74) is 1.37. The van der Waals surface area contributed by atoms with E-state index in [2.05, 4.69) is 6.92 Å². The summed E-state index contributed by atoms with van der Waals surface area (Å²) in [6.45, 7) is 6.10. The first-order chi connectivity index (χ1) is 11.0. The van der Waals surface area contributed by atoms with E-state index in [1.54, 1.807) is 24.3 Å². The molecule has 1 aromatic rings. The second kappa shape index (κ2) is 8.27. The van der Waals surface area contributed by atoms with Crippen LogP contribution < -0.4 is 0 Å². The molecule has 130 valence electrons. The fourth-order valence-electron chi connectivity index (χ4n) is 2.90. The van der Waals surface area contributed by atoms with E-state index in [0.29, 0.717) is 5.41 Å². The molecule has 1 aromatic carbocycles. The molecule has 0 saturated carbocycles. The molecule has 1 aliphatic heterocycles. The molecule has 5 heteroatoms. The van der Waals surface area contributed by atoms with Crippen LogP contribution in [-0.4, -0.2) is 28.2 Å². The van der Waals surface area contributed by atoms with Crippen LogP contribution in [0.15, 0.2) is 29.2 Å². The Morgan fingerprint density at radius 2 is 1.74 bits per heavy atom. The lowest BCUT2D eigenvalue weighted by Crippen LogP contribution is -2.42. The van der Waals surface area contributed by atoms with Gasteiger partial charge in [0.05, 0.1) is 24.7 Å². The summed E-state index contributed by atoms with van der Waals surface area (Å²) >= 11 is 0. The van der Waals surface area contributed by atoms with Crippen LogP contribution in [0.1, 0.15) is 51.0 Å². The van der Waals surface area contributed by atoms with Crippen LogP contribution in [0.25, 0.3) is 0 Å². The van der Waals surface area contributed by atoms with Gasteiger partial charge >= 0.3 is 0 Å². The lowest BCUT2D eigenvalue weighted by molar-refractivity contribution is -0.123. The summed E-state index contributed by atoms with van der Waals surface area (Å²) in [6.07, 6.45) is 6.50. The zero-order valence-electron chi connectivity index (χ0n) is 14.2. The zero-order valence-corrected chi connectivity index (χ0v) is 15.0.